The van der Waals surface area contributed by atoms with Gasteiger partial charge >= 0.3 is 12.3 Å². The molecule has 1 aromatic heterocycles. The second-order valence-electron chi connectivity index (χ2n) is 10.1. The van der Waals surface area contributed by atoms with Crippen LogP contribution in [-0.2, 0) is 22.7 Å². The fourth-order valence-electron chi connectivity index (χ4n) is 3.91. The minimum atomic E-state index is -4.37. The van der Waals surface area contributed by atoms with Gasteiger partial charge in [0.05, 0.1) is 11.0 Å². The van der Waals surface area contributed by atoms with Gasteiger partial charge in [0.15, 0.2) is 0 Å². The fourth-order valence-corrected chi connectivity index (χ4v) is 3.91. The molecule has 0 bridgehead atoms. The van der Waals surface area contributed by atoms with Crippen molar-refractivity contribution in [1.29, 1.82) is 0 Å². The molecule has 1 aliphatic carbocycles. The zero-order chi connectivity index (χ0) is 25.4. The van der Waals surface area contributed by atoms with Gasteiger partial charge in [-0.2, -0.15) is 13.2 Å². The number of rotatable bonds is 6. The van der Waals surface area contributed by atoms with Gasteiger partial charge in [0.1, 0.15) is 5.60 Å². The third-order valence-electron chi connectivity index (χ3n) is 5.90. The molecule has 0 aliphatic heterocycles. The van der Waals surface area contributed by atoms with E-state index in [9.17, 15) is 18.0 Å². The SMILES string of the molecule is CN(CC1(c2nnc(-c3ccccc3Cc3ccc(C(F)(F)F)cc3)o2)CC1)C(=O)OC(C)(C)C. The molecule has 0 N–H and O–H groups in total. The van der Waals surface area contributed by atoms with E-state index in [1.54, 1.807) is 7.05 Å². The number of benzene rings is 2. The standard InChI is InChI=1S/C26H28F3N3O3/c1-24(2,3)35-23(33)32(4)16-25(13-14-25)22-31-30-21(34-22)20-8-6-5-7-18(20)15-17-9-11-19(12-10-17)26(27,28)29/h5-12H,13-16H2,1-4H3. The van der Waals surface area contributed by atoms with Gasteiger partial charge in [-0.15, -0.1) is 10.2 Å². The average Bonchev–Trinajstić information content (AvgIpc) is 3.37. The van der Waals surface area contributed by atoms with Crippen molar-refractivity contribution in [2.75, 3.05) is 13.6 Å². The summed E-state index contributed by atoms with van der Waals surface area (Å²) in [5.74, 6) is 0.806. The predicted molar refractivity (Wildman–Crippen MR) is 124 cm³/mol. The van der Waals surface area contributed by atoms with Gasteiger partial charge in [-0.05, 0) is 69.4 Å². The first kappa shape index (κ1) is 24.8. The third kappa shape index (κ3) is 5.83. The Kier molecular flexibility index (Phi) is 6.38. The Morgan fingerprint density at radius 2 is 1.71 bits per heavy atom. The lowest BCUT2D eigenvalue weighted by atomic mass is 9.99. The molecule has 1 saturated carbocycles. The largest absolute Gasteiger partial charge is 0.444 e. The molecule has 35 heavy (non-hydrogen) atoms. The molecular weight excluding hydrogens is 459 g/mol. The van der Waals surface area contributed by atoms with Crippen molar-refractivity contribution >= 4 is 6.09 Å². The van der Waals surface area contributed by atoms with Crippen LogP contribution >= 0.6 is 0 Å². The molecule has 3 aromatic rings. The van der Waals surface area contributed by atoms with Crippen LogP contribution in [0.3, 0.4) is 0 Å². The maximum Gasteiger partial charge on any atom is 0.416 e. The minimum Gasteiger partial charge on any atom is -0.444 e. The van der Waals surface area contributed by atoms with Gasteiger partial charge < -0.3 is 14.1 Å². The number of alkyl halides is 3. The zero-order valence-electron chi connectivity index (χ0n) is 20.1. The summed E-state index contributed by atoms with van der Waals surface area (Å²) in [6.45, 7) is 5.85. The summed E-state index contributed by atoms with van der Waals surface area (Å²) in [4.78, 5) is 13.9. The van der Waals surface area contributed by atoms with Crippen LogP contribution in [0.25, 0.3) is 11.5 Å². The molecule has 2 aromatic carbocycles. The number of hydrogen-bond acceptors (Lipinski definition) is 5. The van der Waals surface area contributed by atoms with Crippen LogP contribution in [0.5, 0.6) is 0 Å². The highest BCUT2D eigenvalue weighted by atomic mass is 19.4. The maximum atomic E-state index is 12.9. The Morgan fingerprint density at radius 1 is 1.06 bits per heavy atom. The first-order valence-electron chi connectivity index (χ1n) is 11.4. The molecule has 1 aliphatic rings. The summed E-state index contributed by atoms with van der Waals surface area (Å²) in [5, 5.41) is 8.53. The van der Waals surface area contributed by atoms with Crippen molar-refractivity contribution in [2.45, 2.75) is 57.2 Å². The third-order valence-corrected chi connectivity index (χ3v) is 5.90. The molecule has 1 fully saturated rings. The van der Waals surface area contributed by atoms with Crippen LogP contribution in [0, 0.1) is 0 Å². The van der Waals surface area contributed by atoms with E-state index in [2.05, 4.69) is 10.2 Å². The normalized spacial score (nSPS) is 15.1. The Balaban J connectivity index is 1.51. The van der Waals surface area contributed by atoms with Crippen LogP contribution in [0.4, 0.5) is 18.0 Å². The Labute approximate surface area is 202 Å². The monoisotopic (exact) mass is 487 g/mol. The van der Waals surface area contributed by atoms with Gasteiger partial charge in [-0.1, -0.05) is 30.3 Å². The summed E-state index contributed by atoms with van der Waals surface area (Å²) in [6, 6.07) is 12.6. The van der Waals surface area contributed by atoms with Crippen LogP contribution in [0.15, 0.2) is 52.9 Å². The lowest BCUT2D eigenvalue weighted by Crippen LogP contribution is -2.38. The van der Waals surface area contributed by atoms with E-state index >= 15 is 0 Å². The van der Waals surface area contributed by atoms with Gasteiger partial charge in [0.25, 0.3) is 0 Å². The Morgan fingerprint density at radius 3 is 2.31 bits per heavy atom. The summed E-state index contributed by atoms with van der Waals surface area (Å²) in [7, 11) is 1.69. The molecule has 6 nitrogen and oxygen atoms in total. The van der Waals surface area contributed by atoms with Crippen molar-refractivity contribution in [3.8, 4) is 11.5 Å². The average molecular weight is 488 g/mol. The van der Waals surface area contributed by atoms with E-state index < -0.39 is 28.8 Å². The number of carbonyl (C=O) groups excluding carboxylic acids is 1. The molecule has 0 atom stereocenters. The van der Waals surface area contributed by atoms with E-state index in [0.717, 1.165) is 41.7 Å². The van der Waals surface area contributed by atoms with E-state index in [1.807, 2.05) is 45.0 Å². The van der Waals surface area contributed by atoms with E-state index in [-0.39, 0.29) is 0 Å². The van der Waals surface area contributed by atoms with Crippen molar-refractivity contribution in [3.63, 3.8) is 0 Å². The van der Waals surface area contributed by atoms with Crippen LogP contribution in [0.1, 0.15) is 56.2 Å². The molecular formula is C26H28F3N3O3. The first-order valence-corrected chi connectivity index (χ1v) is 11.4. The number of ether oxygens (including phenoxy) is 1. The molecule has 4 rings (SSSR count). The number of likely N-dealkylation sites (N-methyl/N-ethyl adjacent to an activating group) is 1. The topological polar surface area (TPSA) is 68.5 Å². The smallest absolute Gasteiger partial charge is 0.416 e. The summed E-state index contributed by atoms with van der Waals surface area (Å²) >= 11 is 0. The Hall–Kier alpha value is -3.36. The van der Waals surface area contributed by atoms with E-state index in [4.69, 9.17) is 9.15 Å². The number of amides is 1. The molecule has 0 radical (unpaired) electrons. The molecule has 0 spiro atoms. The summed E-state index contributed by atoms with van der Waals surface area (Å²) in [5.41, 5.74) is 0.654. The van der Waals surface area contributed by atoms with Gasteiger partial charge in [0.2, 0.25) is 11.8 Å². The van der Waals surface area contributed by atoms with Crippen molar-refractivity contribution in [1.82, 2.24) is 15.1 Å². The Bertz CT molecular complexity index is 1190. The zero-order valence-corrected chi connectivity index (χ0v) is 20.1. The second kappa shape index (κ2) is 9.02. The first-order chi connectivity index (χ1) is 16.4. The quantitative estimate of drug-likeness (QED) is 0.411. The number of hydrogen-bond donors (Lipinski definition) is 0. The van der Waals surface area contributed by atoms with Gasteiger partial charge in [-0.3, -0.25) is 0 Å². The van der Waals surface area contributed by atoms with Crippen molar-refractivity contribution < 1.29 is 27.1 Å². The second-order valence-corrected chi connectivity index (χ2v) is 10.1. The highest BCUT2D eigenvalue weighted by molar-refractivity contribution is 5.68. The van der Waals surface area contributed by atoms with E-state index in [1.165, 1.54) is 17.0 Å². The summed E-state index contributed by atoms with van der Waals surface area (Å²) in [6.07, 6.45) is -2.74. The number of aromatic nitrogens is 2. The molecule has 0 unspecified atom stereocenters. The highest BCUT2D eigenvalue weighted by Crippen LogP contribution is 2.48. The molecule has 186 valence electrons. The number of halogens is 3. The lowest BCUT2D eigenvalue weighted by molar-refractivity contribution is -0.137. The van der Waals surface area contributed by atoms with Gasteiger partial charge in [0, 0.05) is 19.2 Å². The molecule has 0 saturated heterocycles. The maximum absolute atomic E-state index is 12.9. The minimum absolute atomic E-state index is 0.341. The molecule has 1 heterocycles. The molecule has 9 heteroatoms. The lowest BCUT2D eigenvalue weighted by Gasteiger charge is -2.26. The van der Waals surface area contributed by atoms with Gasteiger partial charge in [-0.25, -0.2) is 4.79 Å². The van der Waals surface area contributed by atoms with E-state index in [0.29, 0.717) is 24.7 Å². The highest BCUT2D eigenvalue weighted by Gasteiger charge is 2.51. The fraction of sp³-hybridized carbons (Fsp3) is 0.423. The van der Waals surface area contributed by atoms with Crippen LogP contribution < -0.4 is 0 Å². The molecule has 1 amide bonds. The predicted octanol–water partition coefficient (Wildman–Crippen LogP) is 6.24. The van der Waals surface area contributed by atoms with Crippen molar-refractivity contribution in [2.24, 2.45) is 0 Å². The number of carbonyl (C=O) groups is 1. The van der Waals surface area contributed by atoms with Crippen LogP contribution in [0.2, 0.25) is 0 Å². The number of nitrogens with zero attached hydrogens (tertiary/aromatic N) is 3. The van der Waals surface area contributed by atoms with Crippen LogP contribution in [-0.4, -0.2) is 40.4 Å². The summed E-state index contributed by atoms with van der Waals surface area (Å²) < 4.78 is 50.1. The van der Waals surface area contributed by atoms with Crippen molar-refractivity contribution in [3.05, 3.63) is 71.1 Å².